The number of hydrogen-bond acceptors (Lipinski definition) is 6. The second-order valence-corrected chi connectivity index (χ2v) is 12.3. The fraction of sp³-hybridized carbons (Fsp3) is 0.238. The molecule has 1 saturated heterocycles. The van der Waals surface area contributed by atoms with Crippen LogP contribution in [0.15, 0.2) is 86.0 Å². The number of furan rings is 1. The number of nitrogens with zero attached hydrogens (tertiary/aromatic N) is 1. The number of hydrogen-bond donors (Lipinski definition) is 0. The number of rotatable bonds is 7. The molecule has 0 bridgehead atoms. The monoisotopic (exact) mass is 481 g/mol. The summed E-state index contributed by atoms with van der Waals surface area (Å²) >= 11 is 1.38. The number of benzene rings is 2. The van der Waals surface area contributed by atoms with Crippen LogP contribution in [0.25, 0.3) is 0 Å². The van der Waals surface area contributed by atoms with E-state index in [4.69, 9.17) is 4.42 Å². The largest absolute Gasteiger partial charge is 0.453 e. The Bertz CT molecular complexity index is 1270. The summed E-state index contributed by atoms with van der Waals surface area (Å²) < 4.78 is 71.8. The summed E-state index contributed by atoms with van der Waals surface area (Å²) in [6, 6.07) is 17.2. The maximum absolute atomic E-state index is 14.3. The lowest BCUT2D eigenvalue weighted by Crippen LogP contribution is -2.40. The highest BCUT2D eigenvalue weighted by molar-refractivity contribution is 7.99. The van der Waals surface area contributed by atoms with Gasteiger partial charge in [0.25, 0.3) is 0 Å². The third-order valence-electron chi connectivity index (χ3n) is 4.95. The van der Waals surface area contributed by atoms with Crippen molar-refractivity contribution in [1.82, 2.24) is 4.31 Å². The molecule has 4 rings (SSSR count). The van der Waals surface area contributed by atoms with Gasteiger partial charge in [0.1, 0.15) is 16.5 Å². The highest BCUT2D eigenvalue weighted by atomic mass is 32.2. The molecule has 10 heteroatoms. The lowest BCUT2D eigenvalue weighted by molar-refractivity contribution is 0.295. The van der Waals surface area contributed by atoms with E-state index in [0.717, 1.165) is 15.3 Å². The molecule has 0 N–H and O–H groups in total. The molecule has 2 aromatic carbocycles. The van der Waals surface area contributed by atoms with Crippen LogP contribution in [0.2, 0.25) is 0 Å². The first-order valence-electron chi connectivity index (χ1n) is 9.53. The van der Waals surface area contributed by atoms with Gasteiger partial charge in [0.2, 0.25) is 10.0 Å². The van der Waals surface area contributed by atoms with E-state index in [2.05, 4.69) is 0 Å². The lowest BCUT2D eigenvalue weighted by Gasteiger charge is -2.26. The quantitative estimate of drug-likeness (QED) is 0.508. The van der Waals surface area contributed by atoms with Crippen LogP contribution < -0.4 is 0 Å². The predicted molar refractivity (Wildman–Crippen MR) is 115 cm³/mol. The highest BCUT2D eigenvalue weighted by Gasteiger charge is 2.40. The van der Waals surface area contributed by atoms with Crippen molar-refractivity contribution >= 4 is 31.6 Å². The standard InChI is InChI=1S/C21H20FNO5S3/c22-19-8-4-5-9-20(19)31(26,27)23(16-12-13-30(24,25)15-16)14-17-10-11-21(28-17)29-18-6-2-1-3-7-18/h1-11,16H,12-15H2/t16-/m0/s1. The topological polar surface area (TPSA) is 84.7 Å². The van der Waals surface area contributed by atoms with Gasteiger partial charge < -0.3 is 4.42 Å². The Morgan fingerprint density at radius 3 is 2.42 bits per heavy atom. The Balaban J connectivity index is 1.64. The Hall–Kier alpha value is -2.14. The molecule has 0 amide bonds. The van der Waals surface area contributed by atoms with Gasteiger partial charge in [0, 0.05) is 10.9 Å². The fourth-order valence-corrected chi connectivity index (χ4v) is 7.77. The average molecular weight is 482 g/mol. The molecule has 1 aromatic heterocycles. The summed E-state index contributed by atoms with van der Waals surface area (Å²) in [6.45, 7) is -0.188. The molecule has 0 unspecified atom stereocenters. The summed E-state index contributed by atoms with van der Waals surface area (Å²) in [4.78, 5) is 0.478. The van der Waals surface area contributed by atoms with E-state index in [9.17, 15) is 21.2 Å². The van der Waals surface area contributed by atoms with E-state index in [-0.39, 0.29) is 24.5 Å². The van der Waals surface area contributed by atoms with E-state index in [0.29, 0.717) is 10.9 Å². The summed E-state index contributed by atoms with van der Waals surface area (Å²) in [6.07, 6.45) is 0.155. The van der Waals surface area contributed by atoms with E-state index >= 15 is 0 Å². The molecule has 0 radical (unpaired) electrons. The van der Waals surface area contributed by atoms with Crippen molar-refractivity contribution in [1.29, 1.82) is 0 Å². The summed E-state index contributed by atoms with van der Waals surface area (Å²) in [7, 11) is -7.64. The van der Waals surface area contributed by atoms with Gasteiger partial charge in [-0.05, 0) is 42.8 Å². The zero-order chi connectivity index (χ0) is 22.1. The van der Waals surface area contributed by atoms with Crippen molar-refractivity contribution in [3.63, 3.8) is 0 Å². The maximum Gasteiger partial charge on any atom is 0.246 e. The second kappa shape index (κ2) is 8.78. The molecular weight excluding hydrogens is 461 g/mol. The Morgan fingerprint density at radius 1 is 1.03 bits per heavy atom. The number of halogens is 1. The van der Waals surface area contributed by atoms with Crippen LogP contribution in [0.3, 0.4) is 0 Å². The van der Waals surface area contributed by atoms with E-state index in [1.807, 2.05) is 30.3 Å². The molecule has 1 fully saturated rings. The minimum absolute atomic E-state index is 0.103. The van der Waals surface area contributed by atoms with Crippen LogP contribution in [-0.4, -0.2) is 38.7 Å². The van der Waals surface area contributed by atoms with Gasteiger partial charge >= 0.3 is 0 Å². The zero-order valence-corrected chi connectivity index (χ0v) is 18.8. The van der Waals surface area contributed by atoms with Gasteiger partial charge in [0.15, 0.2) is 14.9 Å². The van der Waals surface area contributed by atoms with Crippen LogP contribution in [-0.2, 0) is 26.4 Å². The van der Waals surface area contributed by atoms with Gasteiger partial charge in [-0.3, -0.25) is 0 Å². The van der Waals surface area contributed by atoms with Crippen molar-refractivity contribution in [3.8, 4) is 0 Å². The van der Waals surface area contributed by atoms with E-state index < -0.39 is 36.6 Å². The van der Waals surface area contributed by atoms with Crippen LogP contribution in [0.5, 0.6) is 0 Å². The zero-order valence-electron chi connectivity index (χ0n) is 16.3. The molecule has 3 aromatic rings. The van der Waals surface area contributed by atoms with Crippen molar-refractivity contribution in [3.05, 3.63) is 78.3 Å². The third-order valence-corrected chi connectivity index (χ3v) is 9.56. The van der Waals surface area contributed by atoms with Gasteiger partial charge in [-0.25, -0.2) is 21.2 Å². The summed E-state index contributed by atoms with van der Waals surface area (Å²) in [5.41, 5.74) is 0. The second-order valence-electron chi connectivity index (χ2n) is 7.17. The van der Waals surface area contributed by atoms with Gasteiger partial charge in [-0.15, -0.1) is 0 Å². The van der Waals surface area contributed by atoms with Crippen LogP contribution >= 0.6 is 11.8 Å². The summed E-state index contributed by atoms with van der Waals surface area (Å²) in [5, 5.41) is 0.573. The lowest BCUT2D eigenvalue weighted by atomic mass is 10.2. The smallest absolute Gasteiger partial charge is 0.246 e. The maximum atomic E-state index is 14.3. The fourth-order valence-electron chi connectivity index (χ4n) is 3.45. The van der Waals surface area contributed by atoms with E-state index in [1.165, 1.54) is 30.0 Å². The van der Waals surface area contributed by atoms with Crippen molar-refractivity contribution in [2.45, 2.75) is 33.9 Å². The van der Waals surface area contributed by atoms with Gasteiger partial charge in [-0.1, -0.05) is 42.1 Å². The molecule has 164 valence electrons. The van der Waals surface area contributed by atoms with Gasteiger partial charge in [0.05, 0.1) is 18.1 Å². The van der Waals surface area contributed by atoms with Gasteiger partial charge in [-0.2, -0.15) is 4.31 Å². The predicted octanol–water partition coefficient (Wildman–Crippen LogP) is 3.95. The summed E-state index contributed by atoms with van der Waals surface area (Å²) in [5.74, 6) is -0.933. The minimum Gasteiger partial charge on any atom is -0.453 e. The molecule has 0 spiro atoms. The molecule has 6 nitrogen and oxygen atoms in total. The van der Waals surface area contributed by atoms with Crippen molar-refractivity contribution in [2.24, 2.45) is 0 Å². The SMILES string of the molecule is O=S1(=O)CC[C@H](N(Cc2ccc(Sc3ccccc3)o2)S(=O)(=O)c2ccccc2F)C1. The normalized spacial score (nSPS) is 18.5. The molecule has 1 atom stereocenters. The molecule has 1 aliphatic rings. The molecular formula is C21H20FNO5S3. The Labute approximate surface area is 185 Å². The molecule has 0 saturated carbocycles. The van der Waals surface area contributed by atoms with Crippen LogP contribution in [0.4, 0.5) is 4.39 Å². The Morgan fingerprint density at radius 2 is 1.74 bits per heavy atom. The average Bonchev–Trinajstić information content (AvgIpc) is 3.32. The first-order chi connectivity index (χ1) is 14.7. The molecule has 2 heterocycles. The van der Waals surface area contributed by atoms with Crippen LogP contribution in [0, 0.1) is 5.82 Å². The molecule has 0 aliphatic carbocycles. The Kier molecular flexibility index (Phi) is 6.25. The minimum atomic E-state index is -4.29. The number of sulfone groups is 1. The van der Waals surface area contributed by atoms with E-state index in [1.54, 1.807) is 12.1 Å². The highest BCUT2D eigenvalue weighted by Crippen LogP contribution is 2.32. The molecule has 31 heavy (non-hydrogen) atoms. The third kappa shape index (κ3) is 5.03. The number of sulfonamides is 1. The first kappa shape index (κ1) is 22.1. The molecule has 1 aliphatic heterocycles. The van der Waals surface area contributed by atoms with Crippen LogP contribution in [0.1, 0.15) is 12.2 Å². The van der Waals surface area contributed by atoms with Crippen molar-refractivity contribution < 1.29 is 25.6 Å². The first-order valence-corrected chi connectivity index (χ1v) is 13.6. The van der Waals surface area contributed by atoms with Crippen molar-refractivity contribution in [2.75, 3.05) is 11.5 Å².